The lowest BCUT2D eigenvalue weighted by atomic mass is 9.99. The monoisotopic (exact) mass is 1310 g/mol. The number of carboxylic acids is 1. The molecule has 0 radical (unpaired) electrons. The highest BCUT2D eigenvalue weighted by atomic mass is 16.6. The summed E-state index contributed by atoms with van der Waals surface area (Å²) in [6.07, 6.45) is -0.814. The number of hydrogen-bond donors (Lipinski definition) is 1. The number of aliphatic imine (C=N–C) groups is 5. The Morgan fingerprint density at radius 3 is 1.24 bits per heavy atom. The zero-order valence-electron chi connectivity index (χ0n) is 56.7. The van der Waals surface area contributed by atoms with Crippen LogP contribution in [0.4, 0.5) is 27.5 Å². The predicted molar refractivity (Wildman–Crippen MR) is 377 cm³/mol. The van der Waals surface area contributed by atoms with Gasteiger partial charge in [-0.25, -0.2) is 24.5 Å². The Labute approximate surface area is 564 Å². The molecule has 1 N–H and O–H groups in total. The number of para-hydroxylation sites is 4. The van der Waals surface area contributed by atoms with Crippen LogP contribution in [0.3, 0.4) is 0 Å². The fraction of sp³-hybridized carbons (Fsp3) is 0.289. The van der Waals surface area contributed by atoms with Gasteiger partial charge in [0.2, 0.25) is 23.6 Å². The molecular formula is C76H78N10O11. The first-order valence-electron chi connectivity index (χ1n) is 31.7. The van der Waals surface area contributed by atoms with Crippen molar-refractivity contribution in [2.24, 2.45) is 25.0 Å². The smallest absolute Gasteiger partial charge is 0.417 e. The van der Waals surface area contributed by atoms with E-state index in [9.17, 15) is 33.6 Å². The summed E-state index contributed by atoms with van der Waals surface area (Å²) in [6.45, 7) is 17.9. The SMILES string of the molecule is CC1N=C(c2ccc(C(=O)O)cc2)c2ccccc2N(C)C1=O.CC1N=C(c2ccc(C3=NC(C)(C)CO3)cc2)c2ccccc2N(C)C1=O.CN1C(=O)CN(C(=O)OC(C)(C)C)C(=O)c2ccccc21.CN1C(=O)CN=C(c2ccc(C3=NC(C)(C)CO3)cc2)c2ccccc21. The molecular weight excluding hydrogens is 1230 g/mol. The predicted octanol–water partition coefficient (Wildman–Crippen LogP) is 11.1. The molecule has 0 saturated carbocycles. The maximum Gasteiger partial charge on any atom is 0.417 e. The Morgan fingerprint density at radius 1 is 0.485 bits per heavy atom. The summed E-state index contributed by atoms with van der Waals surface area (Å²) in [5.74, 6) is -0.586. The quantitative estimate of drug-likeness (QED) is 0.164. The summed E-state index contributed by atoms with van der Waals surface area (Å²) in [4.78, 5) is 115. The lowest BCUT2D eigenvalue weighted by molar-refractivity contribution is -0.119. The number of imide groups is 1. The Kier molecular flexibility index (Phi) is 19.8. The summed E-state index contributed by atoms with van der Waals surface area (Å²) < 4.78 is 16.6. The summed E-state index contributed by atoms with van der Waals surface area (Å²) in [5, 5.41) is 9.02. The molecule has 21 heteroatoms. The van der Waals surface area contributed by atoms with E-state index in [4.69, 9.17) is 24.3 Å². The summed E-state index contributed by atoms with van der Waals surface area (Å²) in [7, 11) is 6.91. The molecule has 6 aliphatic heterocycles. The van der Waals surface area contributed by atoms with Crippen molar-refractivity contribution < 1.29 is 52.9 Å². The van der Waals surface area contributed by atoms with Gasteiger partial charge in [-0.05, 0) is 129 Å². The van der Waals surface area contributed by atoms with Crippen molar-refractivity contribution >= 4 is 93.3 Å². The van der Waals surface area contributed by atoms with Crippen molar-refractivity contribution in [3.05, 3.63) is 225 Å². The molecule has 7 aromatic carbocycles. The number of benzene rings is 7. The highest BCUT2D eigenvalue weighted by molar-refractivity contribution is 6.22. The minimum atomic E-state index is -0.969. The Balaban J connectivity index is 0.000000141. The third kappa shape index (κ3) is 15.3. The molecule has 2 unspecified atom stereocenters. The first-order valence-corrected chi connectivity index (χ1v) is 31.7. The van der Waals surface area contributed by atoms with Gasteiger partial charge in [-0.2, -0.15) is 0 Å². The number of nitrogens with zero attached hydrogens (tertiary/aromatic N) is 10. The van der Waals surface area contributed by atoms with Gasteiger partial charge in [-0.1, -0.05) is 103 Å². The highest BCUT2D eigenvalue weighted by Gasteiger charge is 2.37. The first kappa shape index (κ1) is 68.6. The van der Waals surface area contributed by atoms with Crippen LogP contribution in [0.5, 0.6) is 0 Å². The van der Waals surface area contributed by atoms with E-state index in [1.54, 1.807) is 119 Å². The van der Waals surface area contributed by atoms with Gasteiger partial charge in [0.25, 0.3) is 17.7 Å². The van der Waals surface area contributed by atoms with E-state index >= 15 is 0 Å². The number of fused-ring (bicyclic) bond motifs is 4. The molecule has 13 rings (SSSR count). The average molecular weight is 1310 g/mol. The van der Waals surface area contributed by atoms with Crippen molar-refractivity contribution in [2.75, 3.05) is 74.1 Å². The number of rotatable bonds is 6. The molecule has 498 valence electrons. The lowest BCUT2D eigenvalue weighted by Gasteiger charge is -2.24. The second kappa shape index (κ2) is 28.0. The number of aromatic carboxylic acids is 1. The third-order valence-corrected chi connectivity index (χ3v) is 16.5. The van der Waals surface area contributed by atoms with E-state index in [0.29, 0.717) is 42.0 Å². The third-order valence-electron chi connectivity index (χ3n) is 16.5. The van der Waals surface area contributed by atoms with Crippen LogP contribution in [-0.2, 0) is 33.4 Å². The number of benzodiazepines with no additional fused rings is 3. The molecule has 6 aliphatic rings. The topological polar surface area (TPSA) is 245 Å². The number of ether oxygens (including phenoxy) is 3. The molecule has 0 bridgehead atoms. The van der Waals surface area contributed by atoms with Gasteiger partial charge in [-0.15, -0.1) is 0 Å². The molecule has 97 heavy (non-hydrogen) atoms. The first-order chi connectivity index (χ1) is 46.0. The van der Waals surface area contributed by atoms with E-state index in [2.05, 4.69) is 47.7 Å². The number of amides is 6. The molecule has 0 fully saturated rings. The number of hydrogen-bond acceptors (Lipinski definition) is 15. The number of carbonyl (C=O) groups is 7. The van der Waals surface area contributed by atoms with Gasteiger partial charge in [0.05, 0.1) is 62.1 Å². The molecule has 7 aromatic rings. The second-order valence-electron chi connectivity index (χ2n) is 26.2. The molecule has 6 amide bonds. The molecule has 0 aliphatic carbocycles. The van der Waals surface area contributed by atoms with Crippen LogP contribution < -0.4 is 19.6 Å². The molecule has 0 spiro atoms. The summed E-state index contributed by atoms with van der Waals surface area (Å²) in [6, 6.07) is 51.7. The molecule has 0 saturated heterocycles. The van der Waals surface area contributed by atoms with Gasteiger partial charge in [0, 0.05) is 72.7 Å². The van der Waals surface area contributed by atoms with Crippen LogP contribution >= 0.6 is 0 Å². The zero-order chi connectivity index (χ0) is 69.8. The maximum absolute atomic E-state index is 12.6. The Bertz CT molecular complexity index is 4410. The molecule has 21 nitrogen and oxygen atoms in total. The molecule has 2 atom stereocenters. The van der Waals surface area contributed by atoms with Gasteiger partial charge in [-0.3, -0.25) is 38.9 Å². The minimum Gasteiger partial charge on any atom is -0.478 e. The summed E-state index contributed by atoms with van der Waals surface area (Å²) >= 11 is 0. The number of carbonyl (C=O) groups excluding carboxylic acids is 6. The maximum atomic E-state index is 12.6. The van der Waals surface area contributed by atoms with Crippen molar-refractivity contribution in [1.29, 1.82) is 0 Å². The number of likely N-dealkylation sites (N-methyl/N-ethyl adjacent to an activating group) is 4. The average Bonchev–Trinajstić information content (AvgIpc) is 1.69. The van der Waals surface area contributed by atoms with Gasteiger partial charge >= 0.3 is 12.1 Å². The van der Waals surface area contributed by atoms with E-state index in [-0.39, 0.29) is 53.4 Å². The van der Waals surface area contributed by atoms with Gasteiger partial charge < -0.3 is 38.9 Å². The fourth-order valence-corrected chi connectivity index (χ4v) is 11.3. The molecule has 6 heterocycles. The van der Waals surface area contributed by atoms with Crippen LogP contribution in [0.1, 0.15) is 128 Å². The van der Waals surface area contributed by atoms with E-state index in [0.717, 1.165) is 77.9 Å². The zero-order valence-corrected chi connectivity index (χ0v) is 56.7. The normalized spacial score (nSPS) is 18.3. The van der Waals surface area contributed by atoms with Crippen LogP contribution in [0.2, 0.25) is 0 Å². The van der Waals surface area contributed by atoms with Gasteiger partial charge in [0.1, 0.15) is 44.0 Å². The highest BCUT2D eigenvalue weighted by Crippen LogP contribution is 2.32. The van der Waals surface area contributed by atoms with Crippen molar-refractivity contribution in [3.8, 4) is 0 Å². The van der Waals surface area contributed by atoms with Crippen molar-refractivity contribution in [3.63, 3.8) is 0 Å². The standard InChI is InChI=1S/C22H23N3O2.C21H21N3O2.C18H16N2O3.C15H18N2O4/c1-14-21(26)25(4)18-8-6-5-7-17(18)19(23-14)15-9-11-16(12-10-15)20-24-22(2,3)13-27-20;1-21(2)13-26-20(23-21)15-10-8-14(9-11-15)19-16-6-4-5-7-17(16)24(3)18(25)12-22-19;1-11-17(21)20(2)15-6-4-3-5-14(15)16(19-11)12-7-9-13(10-8-12)18(22)23;1-15(2,3)21-14(20)17-9-12(18)16(4)11-8-6-5-7-10(11)13(17)19/h5-12,14H,13H2,1-4H3;4-11H,12-13H2,1-3H3;3-11H,1-2H3,(H,22,23);5-8H,9H2,1-4H3. The second-order valence-corrected chi connectivity index (χ2v) is 26.2. The number of carboxylic acid groups (broad SMARTS) is 1. The van der Waals surface area contributed by atoms with E-state index in [1.165, 1.54) is 4.90 Å². The van der Waals surface area contributed by atoms with Crippen LogP contribution in [0.25, 0.3) is 0 Å². The van der Waals surface area contributed by atoms with Crippen LogP contribution in [0.15, 0.2) is 195 Å². The van der Waals surface area contributed by atoms with E-state index < -0.39 is 35.7 Å². The minimum absolute atomic E-state index is 0.00925. The summed E-state index contributed by atoms with van der Waals surface area (Å²) in [5.41, 5.74) is 12.2. The molecule has 0 aromatic heterocycles. The van der Waals surface area contributed by atoms with Crippen LogP contribution in [-0.4, -0.2) is 164 Å². The van der Waals surface area contributed by atoms with Crippen molar-refractivity contribution in [2.45, 2.75) is 91.1 Å². The largest absolute Gasteiger partial charge is 0.478 e. The Morgan fingerprint density at radius 2 is 0.835 bits per heavy atom. The van der Waals surface area contributed by atoms with Gasteiger partial charge in [0.15, 0.2) is 0 Å². The Hall–Kier alpha value is -11.2. The fourth-order valence-electron chi connectivity index (χ4n) is 11.3. The number of anilines is 4. The van der Waals surface area contributed by atoms with E-state index in [1.807, 2.05) is 128 Å². The van der Waals surface area contributed by atoms with Crippen LogP contribution in [0, 0.1) is 0 Å². The van der Waals surface area contributed by atoms with Crippen molar-refractivity contribution in [1.82, 2.24) is 4.90 Å². The lowest BCUT2D eigenvalue weighted by Crippen LogP contribution is -2.44.